The lowest BCUT2D eigenvalue weighted by atomic mass is 9.97. The number of H-pyrrole nitrogens is 1. The number of ether oxygens (including phenoxy) is 1. The van der Waals surface area contributed by atoms with E-state index in [1.165, 1.54) is 18.4 Å². The highest BCUT2D eigenvalue weighted by atomic mass is 32.2. The van der Waals surface area contributed by atoms with Gasteiger partial charge in [0.25, 0.3) is 0 Å². The zero-order chi connectivity index (χ0) is 17.7. The van der Waals surface area contributed by atoms with Crippen LogP contribution in [0.1, 0.15) is 60.8 Å². The van der Waals surface area contributed by atoms with Gasteiger partial charge in [-0.3, -0.25) is 0 Å². The number of nitrogens with one attached hydrogen (secondary N) is 2. The Balaban J connectivity index is 2.11. The van der Waals surface area contributed by atoms with Crippen LogP contribution in [0.25, 0.3) is 0 Å². The van der Waals surface area contributed by atoms with Gasteiger partial charge in [0.1, 0.15) is 10.6 Å². The Labute approximate surface area is 143 Å². The lowest BCUT2D eigenvalue weighted by Gasteiger charge is -2.13. The minimum atomic E-state index is -3.67. The van der Waals surface area contributed by atoms with E-state index in [9.17, 15) is 13.2 Å². The minimum Gasteiger partial charge on any atom is -0.461 e. The second kappa shape index (κ2) is 7.98. The third kappa shape index (κ3) is 4.27. The number of allylic oxidation sites excluding steroid dienone is 1. The Kier molecular flexibility index (Phi) is 6.23. The van der Waals surface area contributed by atoms with Crippen LogP contribution >= 0.6 is 0 Å². The smallest absolute Gasteiger partial charge is 0.355 e. The van der Waals surface area contributed by atoms with Crippen LogP contribution in [0.5, 0.6) is 0 Å². The van der Waals surface area contributed by atoms with Gasteiger partial charge in [0.2, 0.25) is 10.0 Å². The van der Waals surface area contributed by atoms with Gasteiger partial charge < -0.3 is 9.72 Å². The van der Waals surface area contributed by atoms with Gasteiger partial charge in [-0.1, -0.05) is 11.6 Å². The van der Waals surface area contributed by atoms with Crippen LogP contribution in [-0.2, 0) is 14.8 Å². The first-order valence-electron chi connectivity index (χ1n) is 8.40. The molecule has 0 aromatic carbocycles. The number of carbonyl (C=O) groups is 1. The van der Waals surface area contributed by atoms with Gasteiger partial charge >= 0.3 is 5.97 Å². The molecule has 24 heavy (non-hydrogen) atoms. The molecule has 7 heteroatoms. The molecule has 0 saturated heterocycles. The Morgan fingerprint density at radius 1 is 1.33 bits per heavy atom. The lowest BCUT2D eigenvalue weighted by molar-refractivity contribution is 0.0519. The fraction of sp³-hybridized carbons (Fsp3) is 0.588. The van der Waals surface area contributed by atoms with Crippen molar-refractivity contribution in [3.8, 4) is 0 Å². The molecule has 0 atom stereocenters. The third-order valence-corrected chi connectivity index (χ3v) is 5.97. The first kappa shape index (κ1) is 18.7. The Bertz CT molecular complexity index is 732. The Hall–Kier alpha value is -1.60. The van der Waals surface area contributed by atoms with Crippen molar-refractivity contribution in [2.75, 3.05) is 13.2 Å². The van der Waals surface area contributed by atoms with Crippen molar-refractivity contribution in [3.05, 3.63) is 28.6 Å². The number of esters is 1. The molecule has 1 aromatic rings. The number of carbonyl (C=O) groups excluding carboxylic acids is 1. The summed E-state index contributed by atoms with van der Waals surface area (Å²) in [5.41, 5.74) is 2.36. The minimum absolute atomic E-state index is 0.142. The van der Waals surface area contributed by atoms with Crippen molar-refractivity contribution in [2.24, 2.45) is 0 Å². The topological polar surface area (TPSA) is 88.3 Å². The molecule has 1 aliphatic rings. The van der Waals surface area contributed by atoms with Crippen molar-refractivity contribution >= 4 is 16.0 Å². The van der Waals surface area contributed by atoms with Crippen LogP contribution in [0.2, 0.25) is 0 Å². The molecule has 0 aliphatic heterocycles. The molecule has 2 N–H and O–H groups in total. The van der Waals surface area contributed by atoms with E-state index >= 15 is 0 Å². The molecular weight excluding hydrogens is 328 g/mol. The Morgan fingerprint density at radius 3 is 2.71 bits per heavy atom. The van der Waals surface area contributed by atoms with Crippen LogP contribution in [0, 0.1) is 13.8 Å². The summed E-state index contributed by atoms with van der Waals surface area (Å²) in [6, 6.07) is 0. The molecule has 0 spiro atoms. The molecule has 0 fully saturated rings. The van der Waals surface area contributed by atoms with E-state index in [2.05, 4.69) is 15.8 Å². The van der Waals surface area contributed by atoms with Crippen molar-refractivity contribution in [1.82, 2.24) is 9.71 Å². The zero-order valence-corrected chi connectivity index (χ0v) is 15.4. The summed E-state index contributed by atoms with van der Waals surface area (Å²) < 4.78 is 32.8. The summed E-state index contributed by atoms with van der Waals surface area (Å²) >= 11 is 0. The summed E-state index contributed by atoms with van der Waals surface area (Å²) in [6.45, 7) is 5.59. The monoisotopic (exact) mass is 354 g/mol. The van der Waals surface area contributed by atoms with Crippen LogP contribution in [0.4, 0.5) is 0 Å². The van der Waals surface area contributed by atoms with Gasteiger partial charge in [-0.15, -0.1) is 0 Å². The summed E-state index contributed by atoms with van der Waals surface area (Å²) in [5, 5.41) is 0. The predicted octanol–water partition coefficient (Wildman–Crippen LogP) is 2.98. The summed E-state index contributed by atoms with van der Waals surface area (Å²) in [5.74, 6) is -0.535. The number of aromatic amines is 1. The molecule has 0 bridgehead atoms. The maximum absolute atomic E-state index is 12.6. The average molecular weight is 354 g/mol. The SMILES string of the molecule is CCOC(=O)c1[nH]c(C)c(S(=O)(=O)NCCC2=CCCCC2)c1C. The molecule has 134 valence electrons. The normalized spacial score (nSPS) is 15.2. The summed E-state index contributed by atoms with van der Waals surface area (Å²) in [4.78, 5) is 14.9. The van der Waals surface area contributed by atoms with Crippen molar-refractivity contribution in [3.63, 3.8) is 0 Å². The van der Waals surface area contributed by atoms with E-state index in [1.807, 2.05) is 0 Å². The fourth-order valence-corrected chi connectivity index (χ4v) is 4.57. The van der Waals surface area contributed by atoms with Crippen molar-refractivity contribution in [2.45, 2.75) is 57.8 Å². The summed E-state index contributed by atoms with van der Waals surface area (Å²) in [7, 11) is -3.67. The first-order chi connectivity index (χ1) is 11.4. The number of sulfonamides is 1. The van der Waals surface area contributed by atoms with E-state index in [1.54, 1.807) is 20.8 Å². The molecule has 1 aliphatic carbocycles. The van der Waals surface area contributed by atoms with E-state index in [-0.39, 0.29) is 17.2 Å². The molecular formula is C17H26N2O4S. The number of aryl methyl sites for hydroxylation is 1. The Morgan fingerprint density at radius 2 is 2.08 bits per heavy atom. The van der Waals surface area contributed by atoms with Crippen LogP contribution < -0.4 is 4.72 Å². The zero-order valence-electron chi connectivity index (χ0n) is 14.6. The molecule has 1 aromatic heterocycles. The largest absolute Gasteiger partial charge is 0.461 e. The maximum atomic E-state index is 12.6. The molecule has 0 amide bonds. The predicted molar refractivity (Wildman–Crippen MR) is 92.6 cm³/mol. The molecule has 1 heterocycles. The van der Waals surface area contributed by atoms with Gasteiger partial charge in [0.15, 0.2) is 0 Å². The number of rotatable bonds is 7. The standard InChI is InChI=1S/C17H26N2O4S/c1-4-23-17(20)15-12(2)16(13(3)19-15)24(21,22)18-11-10-14-8-6-5-7-9-14/h8,18-19H,4-7,9-11H2,1-3H3. The number of hydrogen-bond donors (Lipinski definition) is 2. The average Bonchev–Trinajstić information content (AvgIpc) is 2.84. The lowest BCUT2D eigenvalue weighted by Crippen LogP contribution is -2.26. The van der Waals surface area contributed by atoms with Gasteiger partial charge in [0, 0.05) is 17.8 Å². The molecule has 0 saturated carbocycles. The highest BCUT2D eigenvalue weighted by molar-refractivity contribution is 7.89. The molecule has 0 unspecified atom stereocenters. The second-order valence-corrected chi connectivity index (χ2v) is 7.76. The van der Waals surface area contributed by atoms with Crippen LogP contribution in [0.3, 0.4) is 0 Å². The maximum Gasteiger partial charge on any atom is 0.355 e. The first-order valence-corrected chi connectivity index (χ1v) is 9.89. The highest BCUT2D eigenvalue weighted by Crippen LogP contribution is 2.24. The van der Waals surface area contributed by atoms with Gasteiger partial charge in [-0.05, 0) is 52.9 Å². The number of aromatic nitrogens is 1. The van der Waals surface area contributed by atoms with E-state index in [4.69, 9.17) is 4.74 Å². The molecule has 6 nitrogen and oxygen atoms in total. The summed E-state index contributed by atoms with van der Waals surface area (Å²) in [6.07, 6.45) is 7.47. The number of hydrogen-bond acceptors (Lipinski definition) is 4. The second-order valence-electron chi connectivity index (χ2n) is 6.06. The fourth-order valence-electron chi connectivity index (χ4n) is 3.09. The van der Waals surface area contributed by atoms with Crippen molar-refractivity contribution in [1.29, 1.82) is 0 Å². The van der Waals surface area contributed by atoms with Crippen LogP contribution in [0.15, 0.2) is 16.5 Å². The van der Waals surface area contributed by atoms with Crippen LogP contribution in [-0.4, -0.2) is 32.5 Å². The molecule has 2 rings (SSSR count). The molecule has 0 radical (unpaired) electrons. The quantitative estimate of drug-likeness (QED) is 0.582. The van der Waals surface area contributed by atoms with Gasteiger partial charge in [-0.2, -0.15) is 0 Å². The highest BCUT2D eigenvalue weighted by Gasteiger charge is 2.26. The van der Waals surface area contributed by atoms with Crippen molar-refractivity contribution < 1.29 is 17.9 Å². The van der Waals surface area contributed by atoms with Gasteiger partial charge in [0.05, 0.1) is 6.61 Å². The van der Waals surface area contributed by atoms with E-state index < -0.39 is 16.0 Å². The third-order valence-electron chi connectivity index (χ3n) is 4.24. The van der Waals surface area contributed by atoms with E-state index in [0.29, 0.717) is 17.8 Å². The van der Waals surface area contributed by atoms with Gasteiger partial charge in [-0.25, -0.2) is 17.9 Å². The van der Waals surface area contributed by atoms with E-state index in [0.717, 1.165) is 19.3 Å².